The van der Waals surface area contributed by atoms with E-state index in [1.165, 1.54) is 26.1 Å². The van der Waals surface area contributed by atoms with Crippen molar-refractivity contribution in [2.45, 2.75) is 70.3 Å². The Morgan fingerprint density at radius 3 is 2.26 bits per heavy atom. The van der Waals surface area contributed by atoms with E-state index in [4.69, 9.17) is 9.47 Å². The summed E-state index contributed by atoms with van der Waals surface area (Å²) in [6.45, 7) is 5.45. The highest BCUT2D eigenvalue weighted by molar-refractivity contribution is 7.87. The lowest BCUT2D eigenvalue weighted by Gasteiger charge is -2.39. The molecule has 3 saturated heterocycles. The first-order valence-corrected chi connectivity index (χ1v) is 22.4. The van der Waals surface area contributed by atoms with E-state index in [1.54, 1.807) is 13.2 Å². The average Bonchev–Trinajstić information content (AvgIpc) is 3.90. The lowest BCUT2D eigenvalue weighted by Crippen LogP contribution is -2.53. The predicted octanol–water partition coefficient (Wildman–Crippen LogP) is 5.09. The van der Waals surface area contributed by atoms with Gasteiger partial charge in [-0.05, 0) is 104 Å². The fourth-order valence-corrected chi connectivity index (χ4v) is 11.3. The number of nitrogens with one attached hydrogen (secondary N) is 1. The molecular formula is C43H56N6O7S. The second kappa shape index (κ2) is 14.9. The average molecular weight is 801 g/mol. The standard InChI is InChI=1S/C43H56N6O7S/c1-45(2)57(53,54)44-40(50)31-11-13-36-37(21-31)49-27-43(41(51)47-23-28-9-10-29(24-47)26-48(25-28)42(52)46-15-17-56-18-16-46)22-33(43)19-32-20-34(55-3)12-14-35(32)39(49)38(36)30-7-5-4-6-8-30/h11-14,20-21,28-30,33H,4-10,15-19,22-27H2,1-3H3,(H,44,50)/t28-,29+,33-,43+/m1/s1. The molecule has 306 valence electrons. The number of hydrogen-bond donors (Lipinski definition) is 1. The van der Waals surface area contributed by atoms with Crippen LogP contribution in [0.1, 0.15) is 78.8 Å². The van der Waals surface area contributed by atoms with Crippen molar-refractivity contribution in [2.75, 3.05) is 73.7 Å². The molecule has 3 aromatic rings. The third-order valence-electron chi connectivity index (χ3n) is 14.0. The number of rotatable bonds is 6. The van der Waals surface area contributed by atoms with Crippen molar-refractivity contribution in [2.24, 2.45) is 23.2 Å². The Morgan fingerprint density at radius 2 is 1.58 bits per heavy atom. The van der Waals surface area contributed by atoms with Crippen LogP contribution in [0.15, 0.2) is 36.4 Å². The molecule has 5 heterocycles. The van der Waals surface area contributed by atoms with Crippen molar-refractivity contribution < 1.29 is 32.3 Å². The van der Waals surface area contributed by atoms with Gasteiger partial charge in [0, 0.05) is 81.9 Å². The molecule has 1 N–H and O–H groups in total. The summed E-state index contributed by atoms with van der Waals surface area (Å²) < 4.78 is 42.3. The van der Waals surface area contributed by atoms with E-state index in [0.29, 0.717) is 64.9 Å². The number of likely N-dealkylation sites (tertiary alicyclic amines) is 2. The van der Waals surface area contributed by atoms with Crippen LogP contribution in [-0.4, -0.2) is 124 Å². The van der Waals surface area contributed by atoms with Crippen LogP contribution >= 0.6 is 0 Å². The summed E-state index contributed by atoms with van der Waals surface area (Å²) in [5, 5.41) is 1.06. The van der Waals surface area contributed by atoms with Gasteiger partial charge in [-0.15, -0.1) is 0 Å². The number of morpholine rings is 1. The Bertz CT molecular complexity index is 2180. The van der Waals surface area contributed by atoms with Crippen LogP contribution in [0.4, 0.5) is 4.79 Å². The summed E-state index contributed by atoms with van der Waals surface area (Å²) in [6.07, 6.45) is 9.15. The molecule has 2 aliphatic carbocycles. The number of fused-ring (bicyclic) bond motifs is 9. The summed E-state index contributed by atoms with van der Waals surface area (Å²) >= 11 is 0. The molecule has 4 aliphatic heterocycles. The quantitative estimate of drug-likeness (QED) is 0.368. The maximum absolute atomic E-state index is 15.4. The van der Waals surface area contributed by atoms with Gasteiger partial charge in [-0.2, -0.15) is 12.7 Å². The molecule has 5 fully saturated rings. The molecule has 2 saturated carbocycles. The van der Waals surface area contributed by atoms with E-state index in [2.05, 4.69) is 26.3 Å². The Balaban J connectivity index is 1.11. The van der Waals surface area contributed by atoms with Gasteiger partial charge in [-0.25, -0.2) is 9.52 Å². The monoisotopic (exact) mass is 800 g/mol. The second-order valence-electron chi connectivity index (χ2n) is 17.7. The lowest BCUT2D eigenvalue weighted by molar-refractivity contribution is -0.139. The Labute approximate surface area is 335 Å². The Hall–Kier alpha value is -4.14. The Morgan fingerprint density at radius 1 is 0.877 bits per heavy atom. The van der Waals surface area contributed by atoms with Crippen molar-refractivity contribution in [1.29, 1.82) is 0 Å². The lowest BCUT2D eigenvalue weighted by atomic mass is 9.80. The van der Waals surface area contributed by atoms with Gasteiger partial charge in [0.2, 0.25) is 5.91 Å². The topological polar surface area (TPSA) is 134 Å². The molecular weight excluding hydrogens is 745 g/mol. The Kier molecular flexibility index (Phi) is 10.0. The summed E-state index contributed by atoms with van der Waals surface area (Å²) in [6, 6.07) is 12.0. The van der Waals surface area contributed by atoms with Crippen molar-refractivity contribution in [1.82, 2.24) is 28.3 Å². The largest absolute Gasteiger partial charge is 0.497 e. The second-order valence-corrected chi connectivity index (χ2v) is 19.6. The third kappa shape index (κ3) is 6.98. The van der Waals surface area contributed by atoms with Gasteiger partial charge in [0.1, 0.15) is 5.75 Å². The molecule has 4 amide bonds. The van der Waals surface area contributed by atoms with Crippen LogP contribution in [0, 0.1) is 23.2 Å². The highest BCUT2D eigenvalue weighted by atomic mass is 32.2. The third-order valence-corrected chi connectivity index (χ3v) is 15.4. The molecule has 6 aliphatic rings. The minimum absolute atomic E-state index is 0.0955. The number of nitrogens with zero attached hydrogens (tertiary/aromatic N) is 5. The van der Waals surface area contributed by atoms with Crippen LogP contribution in [0.25, 0.3) is 22.2 Å². The highest BCUT2D eigenvalue weighted by Gasteiger charge is 2.62. The summed E-state index contributed by atoms with van der Waals surface area (Å²) in [4.78, 5) is 48.7. The van der Waals surface area contributed by atoms with Crippen LogP contribution in [0.2, 0.25) is 0 Å². The predicted molar refractivity (Wildman–Crippen MR) is 216 cm³/mol. The normalized spacial score (nSPS) is 26.5. The zero-order chi connectivity index (χ0) is 39.6. The minimum Gasteiger partial charge on any atom is -0.497 e. The smallest absolute Gasteiger partial charge is 0.320 e. The van der Waals surface area contributed by atoms with E-state index >= 15 is 4.79 Å². The summed E-state index contributed by atoms with van der Waals surface area (Å²) in [5.74, 6) is 1.14. The van der Waals surface area contributed by atoms with Gasteiger partial charge in [-0.3, -0.25) is 9.59 Å². The molecule has 13 nitrogen and oxygen atoms in total. The molecule has 2 bridgehead atoms. The fraction of sp³-hybridized carbons (Fsp3) is 0.605. The fourth-order valence-electron chi connectivity index (χ4n) is 10.8. The number of urea groups is 1. The number of methoxy groups -OCH3 is 1. The van der Waals surface area contributed by atoms with Crippen LogP contribution in [0.3, 0.4) is 0 Å². The van der Waals surface area contributed by atoms with Gasteiger partial charge in [0.25, 0.3) is 5.91 Å². The van der Waals surface area contributed by atoms with Crippen LogP contribution < -0.4 is 9.46 Å². The van der Waals surface area contributed by atoms with Crippen molar-refractivity contribution >= 4 is 39.0 Å². The zero-order valence-corrected chi connectivity index (χ0v) is 34.3. The number of carbonyl (C=O) groups excluding carboxylic acids is 3. The maximum Gasteiger partial charge on any atom is 0.320 e. The van der Waals surface area contributed by atoms with Gasteiger partial charge in [-0.1, -0.05) is 25.3 Å². The number of carbonyl (C=O) groups is 3. The maximum atomic E-state index is 15.4. The minimum atomic E-state index is -4.01. The van der Waals surface area contributed by atoms with Crippen molar-refractivity contribution in [3.05, 3.63) is 53.1 Å². The van der Waals surface area contributed by atoms with Gasteiger partial charge >= 0.3 is 16.2 Å². The highest BCUT2D eigenvalue weighted by Crippen LogP contribution is 2.60. The number of benzene rings is 2. The molecule has 0 spiro atoms. The van der Waals surface area contributed by atoms with Crippen molar-refractivity contribution in [3.8, 4) is 17.0 Å². The van der Waals surface area contributed by atoms with Gasteiger partial charge in [0.05, 0.1) is 31.4 Å². The first kappa shape index (κ1) is 38.4. The number of amides is 4. The van der Waals surface area contributed by atoms with Crippen LogP contribution in [-0.2, 0) is 32.7 Å². The van der Waals surface area contributed by atoms with E-state index < -0.39 is 21.5 Å². The molecule has 4 atom stereocenters. The van der Waals surface area contributed by atoms with E-state index in [0.717, 1.165) is 89.1 Å². The molecule has 14 heteroatoms. The summed E-state index contributed by atoms with van der Waals surface area (Å²) in [7, 11) is 0.456. The molecule has 1 aromatic heterocycles. The molecule has 0 radical (unpaired) electrons. The van der Waals surface area contributed by atoms with E-state index in [1.807, 2.05) is 28.0 Å². The molecule has 2 aromatic carbocycles. The zero-order valence-electron chi connectivity index (χ0n) is 33.5. The first-order valence-electron chi connectivity index (χ1n) is 20.9. The molecule has 9 rings (SSSR count). The SMILES string of the molecule is COc1ccc2c(c1)C[C@@H]1C[C@]1(C(=O)N1C[C@@H]3CC[C@@H](CN(C(=O)N4CCOCC4)C3)C1)Cn1c-2c(C2CCCCC2)c2ccc(C(=O)NS(=O)(=O)N(C)C)cc21. The first-order chi connectivity index (χ1) is 27.5. The van der Waals surface area contributed by atoms with Gasteiger partial charge in [0.15, 0.2) is 0 Å². The number of ether oxygens (including phenoxy) is 2. The van der Waals surface area contributed by atoms with Crippen molar-refractivity contribution in [3.63, 3.8) is 0 Å². The molecule has 57 heavy (non-hydrogen) atoms. The van der Waals surface area contributed by atoms with Crippen LogP contribution in [0.5, 0.6) is 5.75 Å². The number of hydrogen-bond acceptors (Lipinski definition) is 7. The van der Waals surface area contributed by atoms with Gasteiger partial charge < -0.3 is 28.7 Å². The molecule has 0 unspecified atom stereocenters. The van der Waals surface area contributed by atoms with E-state index in [9.17, 15) is 18.0 Å². The number of aromatic nitrogens is 1. The van der Waals surface area contributed by atoms with E-state index in [-0.39, 0.29) is 35.3 Å². The summed E-state index contributed by atoms with van der Waals surface area (Å²) in [5.41, 5.74) is 5.14.